The lowest BCUT2D eigenvalue weighted by Gasteiger charge is -2.22. The maximum absolute atomic E-state index is 12.3. The second kappa shape index (κ2) is 8.63. The first kappa shape index (κ1) is 21.1. The Kier molecular flexibility index (Phi) is 6.49. The molecule has 0 fully saturated rings. The Labute approximate surface area is 166 Å². The molecule has 10 heteroatoms. The Morgan fingerprint density at radius 3 is 2.39 bits per heavy atom. The summed E-state index contributed by atoms with van der Waals surface area (Å²) in [7, 11) is 0. The third-order valence-corrected chi connectivity index (χ3v) is 3.88. The van der Waals surface area contributed by atoms with Crippen molar-refractivity contribution in [1.82, 2.24) is 0 Å². The number of hydrogen-bond acceptors (Lipinski definition) is 6. The molecule has 2 aromatic carbocycles. The first-order chi connectivity index (χ1) is 13.1. The molecule has 1 amide bonds. The molecule has 148 valence electrons. The Hall–Kier alpha value is -3.24. The predicted molar refractivity (Wildman–Crippen MR) is 109 cm³/mol. The van der Waals surface area contributed by atoms with E-state index in [1.165, 1.54) is 25.1 Å². The van der Waals surface area contributed by atoms with Crippen LogP contribution in [0.4, 0.5) is 17.1 Å². The zero-order valence-corrected chi connectivity index (χ0v) is 16.1. The largest absolute Gasteiger partial charge is 0.490 e. The number of aliphatic hydroxyl groups is 1. The SMILES string of the molecule is Cc1cc(NC(=O)C(C)(O)COc2ccc(NC(N)=S)cc2)ccc1[N+](=O)[O-]. The molecule has 2 aromatic rings. The molecule has 0 radical (unpaired) electrons. The molecule has 9 nitrogen and oxygen atoms in total. The summed E-state index contributed by atoms with van der Waals surface area (Å²) < 4.78 is 5.47. The molecule has 0 spiro atoms. The Morgan fingerprint density at radius 2 is 1.86 bits per heavy atom. The fourth-order valence-electron chi connectivity index (χ4n) is 2.27. The van der Waals surface area contributed by atoms with Gasteiger partial charge in [-0.15, -0.1) is 0 Å². The normalized spacial score (nSPS) is 12.5. The summed E-state index contributed by atoms with van der Waals surface area (Å²) in [4.78, 5) is 22.7. The number of nitrogens with two attached hydrogens (primary N) is 1. The van der Waals surface area contributed by atoms with Crippen molar-refractivity contribution in [2.75, 3.05) is 17.2 Å². The van der Waals surface area contributed by atoms with Crippen molar-refractivity contribution in [3.05, 3.63) is 58.1 Å². The zero-order valence-electron chi connectivity index (χ0n) is 15.3. The van der Waals surface area contributed by atoms with E-state index in [0.29, 0.717) is 22.7 Å². The first-order valence-corrected chi connectivity index (χ1v) is 8.57. The third kappa shape index (κ3) is 5.63. The summed E-state index contributed by atoms with van der Waals surface area (Å²) >= 11 is 4.75. The van der Waals surface area contributed by atoms with E-state index in [0.717, 1.165) is 0 Å². The number of thiocarbonyl (C=S) groups is 1. The lowest BCUT2D eigenvalue weighted by atomic mass is 10.1. The Balaban J connectivity index is 1.98. The molecule has 0 bridgehead atoms. The topological polar surface area (TPSA) is 140 Å². The van der Waals surface area contributed by atoms with Gasteiger partial charge in [-0.2, -0.15) is 0 Å². The molecule has 0 aliphatic heterocycles. The molecule has 0 aliphatic carbocycles. The number of rotatable bonds is 7. The van der Waals surface area contributed by atoms with Crippen LogP contribution in [0.2, 0.25) is 0 Å². The smallest absolute Gasteiger partial charge is 0.272 e. The first-order valence-electron chi connectivity index (χ1n) is 8.17. The van der Waals surface area contributed by atoms with E-state index in [-0.39, 0.29) is 17.4 Å². The minimum absolute atomic E-state index is 0.0542. The molecule has 5 N–H and O–H groups in total. The van der Waals surface area contributed by atoms with Crippen LogP contribution < -0.4 is 21.1 Å². The molecule has 0 aliphatic rings. The van der Waals surface area contributed by atoms with Gasteiger partial charge >= 0.3 is 0 Å². The number of nitro benzene ring substituents is 1. The van der Waals surface area contributed by atoms with Gasteiger partial charge in [0.15, 0.2) is 10.7 Å². The molecule has 1 atom stereocenters. The van der Waals surface area contributed by atoms with Crippen LogP contribution in [0.3, 0.4) is 0 Å². The Bertz CT molecular complexity index is 899. The second-order valence-corrected chi connectivity index (χ2v) is 6.73. The van der Waals surface area contributed by atoms with E-state index >= 15 is 0 Å². The van der Waals surface area contributed by atoms with Crippen molar-refractivity contribution in [3.63, 3.8) is 0 Å². The van der Waals surface area contributed by atoms with E-state index < -0.39 is 16.4 Å². The number of carbonyl (C=O) groups excluding carboxylic acids is 1. The molecule has 2 rings (SSSR count). The van der Waals surface area contributed by atoms with Gasteiger partial charge in [0.1, 0.15) is 12.4 Å². The zero-order chi connectivity index (χ0) is 20.9. The standard InChI is InChI=1S/C18H20N4O5S/c1-11-9-13(5-8-15(11)22(25)26)20-16(23)18(2,24)10-27-14-6-3-12(4-7-14)21-17(19)28/h3-9,24H,10H2,1-2H3,(H,20,23)(H3,19,21,28). The van der Waals surface area contributed by atoms with Crippen molar-refractivity contribution in [2.24, 2.45) is 5.73 Å². The average Bonchev–Trinajstić information content (AvgIpc) is 2.60. The number of aryl methyl sites for hydroxylation is 1. The maximum Gasteiger partial charge on any atom is 0.272 e. The van der Waals surface area contributed by atoms with Crippen LogP contribution in [0.1, 0.15) is 12.5 Å². The second-order valence-electron chi connectivity index (χ2n) is 6.29. The van der Waals surface area contributed by atoms with E-state index in [1.54, 1.807) is 31.2 Å². The minimum atomic E-state index is -1.83. The number of benzene rings is 2. The number of nitro groups is 1. The molecule has 0 aromatic heterocycles. The van der Waals surface area contributed by atoms with Crippen LogP contribution in [0.15, 0.2) is 42.5 Å². The molecule has 0 heterocycles. The number of anilines is 2. The van der Waals surface area contributed by atoms with Crippen molar-refractivity contribution in [1.29, 1.82) is 0 Å². The van der Waals surface area contributed by atoms with Gasteiger partial charge in [0.25, 0.3) is 11.6 Å². The van der Waals surface area contributed by atoms with Crippen LogP contribution in [0.5, 0.6) is 5.75 Å². The van der Waals surface area contributed by atoms with E-state index in [1.807, 2.05) is 0 Å². The molecular formula is C18H20N4O5S. The fourth-order valence-corrected chi connectivity index (χ4v) is 2.39. The number of carbonyl (C=O) groups is 1. The quantitative estimate of drug-likeness (QED) is 0.313. The number of amides is 1. The Morgan fingerprint density at radius 1 is 1.25 bits per heavy atom. The lowest BCUT2D eigenvalue weighted by molar-refractivity contribution is -0.385. The third-order valence-electron chi connectivity index (χ3n) is 3.78. The highest BCUT2D eigenvalue weighted by molar-refractivity contribution is 7.80. The van der Waals surface area contributed by atoms with Gasteiger partial charge in [0.2, 0.25) is 0 Å². The van der Waals surface area contributed by atoms with E-state index in [9.17, 15) is 20.0 Å². The predicted octanol–water partition coefficient (Wildman–Crippen LogP) is 2.33. The summed E-state index contributed by atoms with van der Waals surface area (Å²) in [6.45, 7) is 2.57. The van der Waals surface area contributed by atoms with Gasteiger partial charge in [-0.05, 0) is 62.5 Å². The molecule has 0 saturated carbocycles. The highest BCUT2D eigenvalue weighted by atomic mass is 32.1. The van der Waals surface area contributed by atoms with Crippen LogP contribution in [-0.4, -0.2) is 33.3 Å². The van der Waals surface area contributed by atoms with Gasteiger partial charge in [0.05, 0.1) is 4.92 Å². The number of hydrogen-bond donors (Lipinski definition) is 4. The van der Waals surface area contributed by atoms with Gasteiger partial charge in [-0.25, -0.2) is 0 Å². The van der Waals surface area contributed by atoms with Crippen LogP contribution in [-0.2, 0) is 4.79 Å². The summed E-state index contributed by atoms with van der Waals surface area (Å²) in [5.74, 6) is -0.264. The summed E-state index contributed by atoms with van der Waals surface area (Å²) in [5, 5.41) is 26.7. The van der Waals surface area contributed by atoms with Gasteiger partial charge in [0, 0.05) is 23.0 Å². The maximum atomic E-state index is 12.3. The highest BCUT2D eigenvalue weighted by Crippen LogP contribution is 2.23. The molecule has 28 heavy (non-hydrogen) atoms. The van der Waals surface area contributed by atoms with Gasteiger partial charge < -0.3 is 26.2 Å². The molecule has 0 saturated heterocycles. The average molecular weight is 404 g/mol. The van der Waals surface area contributed by atoms with Crippen LogP contribution >= 0.6 is 12.2 Å². The van der Waals surface area contributed by atoms with Crippen LogP contribution in [0, 0.1) is 17.0 Å². The summed E-state index contributed by atoms with van der Waals surface area (Å²) in [6, 6.07) is 10.8. The summed E-state index contributed by atoms with van der Waals surface area (Å²) in [6.07, 6.45) is 0. The fraction of sp³-hybridized carbons (Fsp3) is 0.222. The van der Waals surface area contributed by atoms with E-state index in [4.69, 9.17) is 22.7 Å². The molecule has 1 unspecified atom stereocenters. The van der Waals surface area contributed by atoms with E-state index in [2.05, 4.69) is 10.6 Å². The van der Waals surface area contributed by atoms with Crippen molar-refractivity contribution in [3.8, 4) is 5.75 Å². The monoisotopic (exact) mass is 404 g/mol. The highest BCUT2D eigenvalue weighted by Gasteiger charge is 2.31. The van der Waals surface area contributed by atoms with Crippen molar-refractivity contribution >= 4 is 40.3 Å². The number of nitrogens with one attached hydrogen (secondary N) is 2. The number of nitrogens with zero attached hydrogens (tertiary/aromatic N) is 1. The van der Waals surface area contributed by atoms with Gasteiger partial charge in [-0.1, -0.05) is 0 Å². The summed E-state index contributed by atoms with van der Waals surface area (Å²) in [5.41, 5.74) is 4.91. The van der Waals surface area contributed by atoms with Crippen molar-refractivity contribution in [2.45, 2.75) is 19.4 Å². The van der Waals surface area contributed by atoms with Gasteiger partial charge in [-0.3, -0.25) is 14.9 Å². The lowest BCUT2D eigenvalue weighted by Crippen LogP contribution is -2.45. The minimum Gasteiger partial charge on any atom is -0.490 e. The number of ether oxygens (including phenoxy) is 1. The molecular weight excluding hydrogens is 384 g/mol. The van der Waals surface area contributed by atoms with Crippen molar-refractivity contribution < 1.29 is 19.6 Å². The van der Waals surface area contributed by atoms with Crippen LogP contribution in [0.25, 0.3) is 0 Å².